The molecule has 144 valence electrons. The number of aliphatic hydroxyl groups is 2. The summed E-state index contributed by atoms with van der Waals surface area (Å²) >= 11 is 0. The van der Waals surface area contributed by atoms with Crippen molar-refractivity contribution in [3.63, 3.8) is 0 Å². The topological polar surface area (TPSA) is 40.5 Å². The molecule has 2 nitrogen and oxygen atoms in total. The zero-order valence-electron chi connectivity index (χ0n) is 17.1. The standard InChI is InChI=1S/C23H40O2/c1-20(2,24)19-9-8-17-16-7-6-15-14-21(3,25)12-13-22(15,4)18(16)10-11-23(17,19)5/h15-19,24-25H,6-14H2,1-5H3/t15-,16+,17+,18+,19-,21-,22+,23+/m1/s1. The van der Waals surface area contributed by atoms with Crippen molar-refractivity contribution in [2.45, 2.75) is 104 Å². The molecule has 0 aromatic heterocycles. The largest absolute Gasteiger partial charge is 0.390 e. The fourth-order valence-electron chi connectivity index (χ4n) is 8.59. The van der Waals surface area contributed by atoms with E-state index in [0.29, 0.717) is 22.7 Å². The van der Waals surface area contributed by atoms with Gasteiger partial charge in [-0.3, -0.25) is 0 Å². The van der Waals surface area contributed by atoms with Gasteiger partial charge in [-0.2, -0.15) is 0 Å². The molecule has 2 heteroatoms. The van der Waals surface area contributed by atoms with Crippen molar-refractivity contribution in [3.8, 4) is 0 Å². The second-order valence-corrected chi connectivity index (χ2v) is 11.7. The SMILES string of the molecule is CC(C)(O)[C@H]1CC[C@H]2[C@@H]3CC[C@@H]4C[C@](C)(O)CC[C@]4(C)[C@H]3CC[C@]12C. The van der Waals surface area contributed by atoms with E-state index < -0.39 is 11.2 Å². The summed E-state index contributed by atoms with van der Waals surface area (Å²) in [7, 11) is 0. The van der Waals surface area contributed by atoms with Gasteiger partial charge in [0, 0.05) is 0 Å². The third-order valence-electron chi connectivity index (χ3n) is 9.81. The minimum Gasteiger partial charge on any atom is -0.390 e. The van der Waals surface area contributed by atoms with E-state index >= 15 is 0 Å². The van der Waals surface area contributed by atoms with Crippen LogP contribution < -0.4 is 0 Å². The van der Waals surface area contributed by atoms with Crippen LogP contribution in [0, 0.1) is 40.4 Å². The lowest BCUT2D eigenvalue weighted by Crippen LogP contribution is -2.56. The predicted octanol–water partition coefficient (Wildman–Crippen LogP) is 5.17. The highest BCUT2D eigenvalue weighted by Gasteiger charge is 2.62. The Morgan fingerprint density at radius 3 is 2.16 bits per heavy atom. The average molecular weight is 349 g/mol. The van der Waals surface area contributed by atoms with E-state index in [2.05, 4.69) is 20.8 Å². The van der Waals surface area contributed by atoms with Crippen molar-refractivity contribution in [1.82, 2.24) is 0 Å². The van der Waals surface area contributed by atoms with Crippen LogP contribution in [0.5, 0.6) is 0 Å². The Kier molecular flexibility index (Phi) is 4.00. The molecule has 0 bridgehead atoms. The molecule has 8 atom stereocenters. The molecule has 0 amide bonds. The number of hydrogen-bond donors (Lipinski definition) is 2. The van der Waals surface area contributed by atoms with Crippen molar-refractivity contribution in [2.24, 2.45) is 40.4 Å². The second-order valence-electron chi connectivity index (χ2n) is 11.7. The van der Waals surface area contributed by atoms with Crippen molar-refractivity contribution in [1.29, 1.82) is 0 Å². The fourth-order valence-corrected chi connectivity index (χ4v) is 8.59. The molecule has 4 aliphatic rings. The molecule has 0 aliphatic heterocycles. The second kappa shape index (κ2) is 5.47. The zero-order chi connectivity index (χ0) is 18.3. The van der Waals surface area contributed by atoms with Gasteiger partial charge in [0.15, 0.2) is 0 Å². The van der Waals surface area contributed by atoms with Gasteiger partial charge in [-0.05, 0) is 119 Å². The Labute approximate surface area is 154 Å². The maximum absolute atomic E-state index is 10.8. The molecule has 4 fully saturated rings. The predicted molar refractivity (Wildman–Crippen MR) is 102 cm³/mol. The van der Waals surface area contributed by atoms with E-state index in [1.807, 2.05) is 13.8 Å². The van der Waals surface area contributed by atoms with Crippen molar-refractivity contribution >= 4 is 0 Å². The molecule has 4 rings (SSSR count). The lowest BCUT2D eigenvalue weighted by atomic mass is 9.43. The van der Waals surface area contributed by atoms with E-state index in [1.54, 1.807) is 0 Å². The third kappa shape index (κ3) is 2.64. The van der Waals surface area contributed by atoms with Crippen LogP contribution in [0.25, 0.3) is 0 Å². The third-order valence-corrected chi connectivity index (χ3v) is 9.81. The summed E-state index contributed by atoms with van der Waals surface area (Å²) in [5.74, 6) is 3.69. The van der Waals surface area contributed by atoms with Gasteiger partial charge in [0.1, 0.15) is 0 Å². The van der Waals surface area contributed by atoms with Gasteiger partial charge in [0.05, 0.1) is 11.2 Å². The summed E-state index contributed by atoms with van der Waals surface area (Å²) in [4.78, 5) is 0. The van der Waals surface area contributed by atoms with E-state index in [9.17, 15) is 10.2 Å². The van der Waals surface area contributed by atoms with Crippen LogP contribution in [0.4, 0.5) is 0 Å². The minimum absolute atomic E-state index is 0.336. The molecule has 25 heavy (non-hydrogen) atoms. The average Bonchev–Trinajstić information content (AvgIpc) is 2.85. The van der Waals surface area contributed by atoms with Gasteiger partial charge in [0.25, 0.3) is 0 Å². The summed E-state index contributed by atoms with van der Waals surface area (Å²) in [6.45, 7) is 11.2. The molecular formula is C23H40O2. The van der Waals surface area contributed by atoms with Crippen LogP contribution in [0.1, 0.15) is 92.4 Å². The molecule has 0 heterocycles. The summed E-state index contributed by atoms with van der Waals surface area (Å²) in [5, 5.41) is 21.4. The van der Waals surface area contributed by atoms with Crippen molar-refractivity contribution in [2.75, 3.05) is 0 Å². The van der Waals surface area contributed by atoms with Crippen LogP contribution in [0.15, 0.2) is 0 Å². The first kappa shape index (κ1) is 18.3. The molecule has 0 unspecified atom stereocenters. The molecule has 0 aromatic carbocycles. The van der Waals surface area contributed by atoms with Crippen LogP contribution >= 0.6 is 0 Å². The maximum atomic E-state index is 10.8. The van der Waals surface area contributed by atoms with Gasteiger partial charge >= 0.3 is 0 Å². The van der Waals surface area contributed by atoms with Crippen LogP contribution in [0.2, 0.25) is 0 Å². The smallest absolute Gasteiger partial charge is 0.0625 e. The fraction of sp³-hybridized carbons (Fsp3) is 1.00. The number of rotatable bonds is 1. The molecule has 0 aromatic rings. The number of hydrogen-bond acceptors (Lipinski definition) is 2. The van der Waals surface area contributed by atoms with E-state index in [-0.39, 0.29) is 0 Å². The molecule has 4 saturated carbocycles. The van der Waals surface area contributed by atoms with Gasteiger partial charge in [-0.25, -0.2) is 0 Å². The quantitative estimate of drug-likeness (QED) is 0.686. The van der Waals surface area contributed by atoms with Crippen LogP contribution in [0.3, 0.4) is 0 Å². The highest BCUT2D eigenvalue weighted by Crippen LogP contribution is 2.68. The molecule has 0 radical (unpaired) electrons. The van der Waals surface area contributed by atoms with Gasteiger partial charge in [-0.1, -0.05) is 13.8 Å². The van der Waals surface area contributed by atoms with Crippen molar-refractivity contribution < 1.29 is 10.2 Å². The molecule has 4 aliphatic carbocycles. The summed E-state index contributed by atoms with van der Waals surface area (Å²) in [6.07, 6.45) is 11.1. The summed E-state index contributed by atoms with van der Waals surface area (Å²) in [5.41, 5.74) is -0.192. The van der Waals surface area contributed by atoms with E-state index in [4.69, 9.17) is 0 Å². The molecule has 2 N–H and O–H groups in total. The minimum atomic E-state index is -0.541. The number of fused-ring (bicyclic) bond motifs is 5. The summed E-state index contributed by atoms with van der Waals surface area (Å²) in [6, 6.07) is 0. The van der Waals surface area contributed by atoms with E-state index in [1.165, 1.54) is 44.9 Å². The highest BCUT2D eigenvalue weighted by atomic mass is 16.3. The Bertz CT molecular complexity index is 533. The first-order valence-electron chi connectivity index (χ1n) is 10.9. The highest BCUT2D eigenvalue weighted by molar-refractivity contribution is 5.11. The van der Waals surface area contributed by atoms with Crippen LogP contribution in [-0.4, -0.2) is 21.4 Å². The lowest BCUT2D eigenvalue weighted by Gasteiger charge is -2.62. The molecule has 0 spiro atoms. The zero-order valence-corrected chi connectivity index (χ0v) is 17.1. The monoisotopic (exact) mass is 348 g/mol. The Morgan fingerprint density at radius 2 is 1.48 bits per heavy atom. The van der Waals surface area contributed by atoms with E-state index in [0.717, 1.165) is 30.6 Å². The molecule has 0 saturated heterocycles. The van der Waals surface area contributed by atoms with Gasteiger partial charge < -0.3 is 10.2 Å². The van der Waals surface area contributed by atoms with Crippen molar-refractivity contribution in [3.05, 3.63) is 0 Å². The Balaban J connectivity index is 1.60. The normalized spacial score (nSPS) is 56.0. The first-order chi connectivity index (χ1) is 11.5. The van der Waals surface area contributed by atoms with Crippen LogP contribution in [-0.2, 0) is 0 Å². The molecular weight excluding hydrogens is 308 g/mol. The lowest BCUT2D eigenvalue weighted by molar-refractivity contribution is -0.155. The van der Waals surface area contributed by atoms with Gasteiger partial charge in [-0.15, -0.1) is 0 Å². The Morgan fingerprint density at radius 1 is 0.800 bits per heavy atom. The summed E-state index contributed by atoms with van der Waals surface area (Å²) < 4.78 is 0. The maximum Gasteiger partial charge on any atom is 0.0625 e. The Hall–Kier alpha value is -0.0800. The van der Waals surface area contributed by atoms with Gasteiger partial charge in [0.2, 0.25) is 0 Å². The first-order valence-corrected chi connectivity index (χ1v) is 10.9.